The number of sulfonamides is 1. The van der Waals surface area contributed by atoms with Crippen molar-refractivity contribution in [2.24, 2.45) is 11.5 Å². The molecule has 6 N–H and O–H groups in total. The molecule has 3 aromatic rings. The number of anilines is 2. The molecule has 0 aliphatic heterocycles. The summed E-state index contributed by atoms with van der Waals surface area (Å²) in [6, 6.07) is 12.6. The fourth-order valence-corrected chi connectivity index (χ4v) is 4.29. The molecule has 0 heterocycles. The largest absolute Gasteiger partial charge is 0.366 e. The number of carbonyl (C=O) groups is 3. The Labute approximate surface area is 188 Å². The van der Waals surface area contributed by atoms with Gasteiger partial charge in [0.1, 0.15) is 5.82 Å². The maximum Gasteiger partial charge on any atom is 0.262 e. The van der Waals surface area contributed by atoms with Gasteiger partial charge >= 0.3 is 0 Å². The molecule has 0 unspecified atom stereocenters. The molecular formula is C22H19FN4O5S. The van der Waals surface area contributed by atoms with Crippen molar-refractivity contribution in [3.05, 3.63) is 88.7 Å². The quantitative estimate of drug-likeness (QED) is 0.416. The Morgan fingerprint density at radius 1 is 0.788 bits per heavy atom. The topological polar surface area (TPSA) is 161 Å². The minimum Gasteiger partial charge on any atom is -0.366 e. The van der Waals surface area contributed by atoms with E-state index >= 15 is 0 Å². The van der Waals surface area contributed by atoms with Gasteiger partial charge < -0.3 is 16.8 Å². The van der Waals surface area contributed by atoms with E-state index in [1.54, 1.807) is 0 Å². The lowest BCUT2D eigenvalue weighted by Gasteiger charge is -2.11. The Hall–Kier alpha value is -4.25. The van der Waals surface area contributed by atoms with Crippen LogP contribution in [0.3, 0.4) is 0 Å². The van der Waals surface area contributed by atoms with E-state index in [1.165, 1.54) is 49.4 Å². The van der Waals surface area contributed by atoms with E-state index < -0.39 is 33.6 Å². The zero-order valence-corrected chi connectivity index (χ0v) is 18.1. The molecule has 3 aromatic carbocycles. The Balaban J connectivity index is 1.78. The van der Waals surface area contributed by atoms with Crippen LogP contribution in [-0.2, 0) is 10.0 Å². The van der Waals surface area contributed by atoms with Crippen molar-refractivity contribution in [3.63, 3.8) is 0 Å². The van der Waals surface area contributed by atoms with Crippen LogP contribution in [0.5, 0.6) is 0 Å². The standard InChI is InChI=1S/C22H19FN4O5S/c1-12-8-16(23)4-7-19(12)33(31,32)27-17-5-2-13(3-6-17)22(30)26-18-10-14(20(24)28)9-15(11-18)21(25)29/h2-11,27H,1H3,(H2,24,28)(H2,25,29)(H,26,30). The molecular weight excluding hydrogens is 451 g/mol. The van der Waals surface area contributed by atoms with E-state index in [0.29, 0.717) is 0 Å². The zero-order chi connectivity index (χ0) is 24.3. The Bertz CT molecular complexity index is 1340. The molecule has 0 spiro atoms. The Morgan fingerprint density at radius 3 is 1.88 bits per heavy atom. The van der Waals surface area contributed by atoms with E-state index in [-0.39, 0.29) is 38.5 Å². The summed E-state index contributed by atoms with van der Waals surface area (Å²) in [5, 5.41) is 2.53. The van der Waals surface area contributed by atoms with Gasteiger partial charge in [-0.3, -0.25) is 19.1 Å². The molecule has 3 amide bonds. The molecule has 0 aromatic heterocycles. The highest BCUT2D eigenvalue weighted by atomic mass is 32.2. The minimum atomic E-state index is -3.97. The number of nitrogens with one attached hydrogen (secondary N) is 2. The number of amides is 3. The summed E-state index contributed by atoms with van der Waals surface area (Å²) in [4.78, 5) is 35.4. The summed E-state index contributed by atoms with van der Waals surface area (Å²) in [7, 11) is -3.97. The molecule has 33 heavy (non-hydrogen) atoms. The molecule has 3 rings (SSSR count). The van der Waals surface area contributed by atoms with Gasteiger partial charge in [0.2, 0.25) is 11.8 Å². The number of aryl methyl sites for hydroxylation is 1. The summed E-state index contributed by atoms with van der Waals surface area (Å²) < 4.78 is 40.8. The van der Waals surface area contributed by atoms with Crippen molar-refractivity contribution in [2.75, 3.05) is 10.0 Å². The van der Waals surface area contributed by atoms with Crippen molar-refractivity contribution in [1.29, 1.82) is 0 Å². The van der Waals surface area contributed by atoms with Crippen LogP contribution in [0.4, 0.5) is 15.8 Å². The van der Waals surface area contributed by atoms with Gasteiger partial charge in [0.25, 0.3) is 15.9 Å². The lowest BCUT2D eigenvalue weighted by Crippen LogP contribution is -2.18. The third kappa shape index (κ3) is 5.52. The summed E-state index contributed by atoms with van der Waals surface area (Å²) >= 11 is 0. The van der Waals surface area contributed by atoms with Gasteiger partial charge in [-0.2, -0.15) is 0 Å². The van der Waals surface area contributed by atoms with E-state index in [9.17, 15) is 27.2 Å². The molecule has 0 radical (unpaired) electrons. The van der Waals surface area contributed by atoms with Gasteiger partial charge in [0.05, 0.1) is 4.90 Å². The predicted octanol–water partition coefficient (Wildman–Crippen LogP) is 2.39. The molecule has 0 bridgehead atoms. The van der Waals surface area contributed by atoms with E-state index in [2.05, 4.69) is 10.0 Å². The van der Waals surface area contributed by atoms with Crippen LogP contribution >= 0.6 is 0 Å². The molecule has 0 saturated carbocycles. The number of primary amides is 2. The number of hydrogen-bond acceptors (Lipinski definition) is 5. The SMILES string of the molecule is Cc1cc(F)ccc1S(=O)(=O)Nc1ccc(C(=O)Nc2cc(C(N)=O)cc(C(N)=O)c2)cc1. The smallest absolute Gasteiger partial charge is 0.262 e. The van der Waals surface area contributed by atoms with Crippen molar-refractivity contribution >= 4 is 39.1 Å². The van der Waals surface area contributed by atoms with Crippen LogP contribution < -0.4 is 21.5 Å². The van der Waals surface area contributed by atoms with Crippen LogP contribution in [0.2, 0.25) is 0 Å². The van der Waals surface area contributed by atoms with Gasteiger partial charge in [-0.25, -0.2) is 12.8 Å². The first-order valence-electron chi connectivity index (χ1n) is 9.41. The third-order valence-electron chi connectivity index (χ3n) is 4.59. The van der Waals surface area contributed by atoms with E-state index in [4.69, 9.17) is 11.5 Å². The fraction of sp³-hybridized carbons (Fsp3) is 0.0455. The summed E-state index contributed by atoms with van der Waals surface area (Å²) in [6.07, 6.45) is 0. The second kappa shape index (κ2) is 9.09. The lowest BCUT2D eigenvalue weighted by atomic mass is 10.1. The second-order valence-electron chi connectivity index (χ2n) is 7.07. The molecule has 0 fully saturated rings. The van der Waals surface area contributed by atoms with Crippen LogP contribution in [0.1, 0.15) is 36.6 Å². The summed E-state index contributed by atoms with van der Waals surface area (Å²) in [5.74, 6) is -2.75. The van der Waals surface area contributed by atoms with Crippen molar-refractivity contribution in [2.45, 2.75) is 11.8 Å². The van der Waals surface area contributed by atoms with Crippen molar-refractivity contribution in [3.8, 4) is 0 Å². The fourth-order valence-electron chi connectivity index (χ4n) is 3.00. The first kappa shape index (κ1) is 23.4. The predicted molar refractivity (Wildman–Crippen MR) is 120 cm³/mol. The maximum absolute atomic E-state index is 13.3. The number of hydrogen-bond donors (Lipinski definition) is 4. The first-order valence-corrected chi connectivity index (χ1v) is 10.9. The Morgan fingerprint density at radius 2 is 1.36 bits per heavy atom. The molecule has 170 valence electrons. The van der Waals surface area contributed by atoms with Gasteiger partial charge in [-0.1, -0.05) is 0 Å². The third-order valence-corrected chi connectivity index (χ3v) is 6.13. The highest BCUT2D eigenvalue weighted by Crippen LogP contribution is 2.21. The molecule has 9 nitrogen and oxygen atoms in total. The average Bonchev–Trinajstić information content (AvgIpc) is 2.73. The Kier molecular flexibility index (Phi) is 6.45. The lowest BCUT2D eigenvalue weighted by molar-refractivity contribution is 0.0994. The first-order chi connectivity index (χ1) is 15.5. The van der Waals surface area contributed by atoms with Crippen LogP contribution in [0, 0.1) is 12.7 Å². The average molecular weight is 470 g/mol. The van der Waals surface area contributed by atoms with Crippen LogP contribution in [0.15, 0.2) is 65.6 Å². The number of rotatable bonds is 7. The molecule has 0 aliphatic rings. The molecule has 0 saturated heterocycles. The van der Waals surface area contributed by atoms with Gasteiger partial charge in [-0.15, -0.1) is 0 Å². The van der Waals surface area contributed by atoms with Crippen molar-refractivity contribution < 1.29 is 27.2 Å². The monoisotopic (exact) mass is 470 g/mol. The van der Waals surface area contributed by atoms with E-state index in [0.717, 1.165) is 18.2 Å². The minimum absolute atomic E-state index is 0.0116. The zero-order valence-electron chi connectivity index (χ0n) is 17.3. The van der Waals surface area contributed by atoms with E-state index in [1.807, 2.05) is 0 Å². The number of nitrogens with two attached hydrogens (primary N) is 2. The van der Waals surface area contributed by atoms with Crippen LogP contribution in [0.25, 0.3) is 0 Å². The second-order valence-corrected chi connectivity index (χ2v) is 8.73. The normalized spacial score (nSPS) is 11.0. The maximum atomic E-state index is 13.3. The van der Waals surface area contributed by atoms with Crippen LogP contribution in [-0.4, -0.2) is 26.1 Å². The molecule has 11 heteroatoms. The summed E-state index contributed by atoms with van der Waals surface area (Å²) in [6.45, 7) is 1.47. The highest BCUT2D eigenvalue weighted by Gasteiger charge is 2.18. The summed E-state index contributed by atoms with van der Waals surface area (Å²) in [5.41, 5.74) is 11.2. The number of halogens is 1. The number of carbonyl (C=O) groups excluding carboxylic acids is 3. The van der Waals surface area contributed by atoms with Crippen molar-refractivity contribution in [1.82, 2.24) is 0 Å². The van der Waals surface area contributed by atoms with Gasteiger partial charge in [-0.05, 0) is 73.2 Å². The molecule has 0 aliphatic carbocycles. The van der Waals surface area contributed by atoms with Gasteiger partial charge in [0, 0.05) is 28.1 Å². The molecule has 0 atom stereocenters. The highest BCUT2D eigenvalue weighted by molar-refractivity contribution is 7.92. The number of benzene rings is 3. The van der Waals surface area contributed by atoms with Gasteiger partial charge in [0.15, 0.2) is 0 Å².